The number of aryl methyl sites for hydroxylation is 1. The molecule has 5 nitrogen and oxygen atoms in total. The number of benzene rings is 1. The van der Waals surface area contributed by atoms with Crippen LogP contribution in [0.4, 0.5) is 5.69 Å². The average molecular weight is 229 g/mol. The van der Waals surface area contributed by atoms with Gasteiger partial charge < -0.3 is 10.6 Å². The normalized spacial score (nSPS) is 12.6. The smallest absolute Gasteiger partial charge is 0.251 e. The monoisotopic (exact) mass is 229 g/mol. The van der Waals surface area contributed by atoms with Crippen LogP contribution in [-0.4, -0.2) is 11.8 Å². The molecule has 0 saturated heterocycles. The van der Waals surface area contributed by atoms with Gasteiger partial charge in [-0.05, 0) is 18.6 Å². The number of fused-ring (bicyclic) bond motifs is 1. The Hall–Kier alpha value is -2.35. The molecule has 1 aliphatic heterocycles. The summed E-state index contributed by atoms with van der Waals surface area (Å²) in [7, 11) is 0. The zero-order valence-corrected chi connectivity index (χ0v) is 9.33. The number of anilines is 1. The van der Waals surface area contributed by atoms with E-state index < -0.39 is 0 Å². The Bertz CT molecular complexity index is 543. The van der Waals surface area contributed by atoms with Crippen LogP contribution in [0.3, 0.4) is 0 Å². The minimum absolute atomic E-state index is 0.129. The van der Waals surface area contributed by atoms with Gasteiger partial charge in [0.2, 0.25) is 5.91 Å². The molecule has 17 heavy (non-hydrogen) atoms. The van der Waals surface area contributed by atoms with Gasteiger partial charge in [-0.3, -0.25) is 9.59 Å². The van der Waals surface area contributed by atoms with Crippen molar-refractivity contribution in [3.63, 3.8) is 0 Å². The minimum atomic E-state index is -0.358. The molecule has 0 fully saturated rings. The van der Waals surface area contributed by atoms with E-state index in [4.69, 9.17) is 5.26 Å². The van der Waals surface area contributed by atoms with E-state index in [1.807, 2.05) is 6.92 Å². The highest BCUT2D eigenvalue weighted by molar-refractivity contribution is 6.02. The van der Waals surface area contributed by atoms with E-state index in [-0.39, 0.29) is 18.2 Å². The summed E-state index contributed by atoms with van der Waals surface area (Å²) in [5, 5.41) is 13.8. The first-order chi connectivity index (χ1) is 8.13. The van der Waals surface area contributed by atoms with Gasteiger partial charge in [0, 0.05) is 23.4 Å². The van der Waals surface area contributed by atoms with Crippen molar-refractivity contribution in [3.8, 4) is 6.07 Å². The number of hydrogen-bond donors (Lipinski definition) is 2. The quantitative estimate of drug-likeness (QED) is 0.796. The zero-order valence-electron chi connectivity index (χ0n) is 9.33. The van der Waals surface area contributed by atoms with Crippen LogP contribution in [0.5, 0.6) is 0 Å². The van der Waals surface area contributed by atoms with E-state index in [0.717, 1.165) is 11.1 Å². The summed E-state index contributed by atoms with van der Waals surface area (Å²) < 4.78 is 0. The molecule has 5 heteroatoms. The zero-order chi connectivity index (χ0) is 12.4. The Morgan fingerprint density at radius 1 is 1.59 bits per heavy atom. The van der Waals surface area contributed by atoms with Gasteiger partial charge in [0.25, 0.3) is 5.91 Å². The molecule has 0 aromatic heterocycles. The lowest BCUT2D eigenvalue weighted by molar-refractivity contribution is -0.115. The van der Waals surface area contributed by atoms with Crippen molar-refractivity contribution in [2.24, 2.45) is 0 Å². The van der Waals surface area contributed by atoms with Gasteiger partial charge in [0.05, 0.1) is 6.07 Å². The number of hydrogen-bond acceptors (Lipinski definition) is 3. The summed E-state index contributed by atoms with van der Waals surface area (Å²) in [6.07, 6.45) is -0.190. The lowest BCUT2D eigenvalue weighted by Gasteiger charge is -2.11. The molecule has 1 aliphatic rings. The second kappa shape index (κ2) is 4.26. The third-order valence-corrected chi connectivity index (χ3v) is 2.70. The van der Waals surface area contributed by atoms with E-state index in [1.54, 1.807) is 18.2 Å². The van der Waals surface area contributed by atoms with E-state index in [1.165, 1.54) is 0 Å². The first kappa shape index (κ1) is 11.1. The maximum absolute atomic E-state index is 11.5. The predicted molar refractivity (Wildman–Crippen MR) is 61.2 cm³/mol. The van der Waals surface area contributed by atoms with E-state index in [9.17, 15) is 9.59 Å². The summed E-state index contributed by atoms with van der Waals surface area (Å²) in [5.74, 6) is -0.487. The molecule has 0 unspecified atom stereocenters. The highest BCUT2D eigenvalue weighted by atomic mass is 16.2. The predicted octanol–water partition coefficient (Wildman–Crippen LogP) is 1.09. The Balaban J connectivity index is 2.38. The van der Waals surface area contributed by atoms with Crippen LogP contribution in [0, 0.1) is 18.3 Å². The number of carbonyl (C=O) groups excluding carboxylic acids is 2. The molecular formula is C12H11N3O2. The standard InChI is InChI=1S/C12H11N3O2/c1-7-2-3-8-9(6-14-12(8)17)11(7)15-10(16)4-5-13/h2-3H,4,6H2,1H3,(H,14,17)(H,15,16). The number of rotatable bonds is 2. The second-order valence-corrected chi connectivity index (χ2v) is 3.85. The molecule has 0 saturated carbocycles. The molecule has 0 atom stereocenters. The van der Waals surface area contributed by atoms with Gasteiger partial charge in [-0.25, -0.2) is 0 Å². The summed E-state index contributed by atoms with van der Waals surface area (Å²) >= 11 is 0. The van der Waals surface area contributed by atoms with Crippen molar-refractivity contribution in [1.82, 2.24) is 5.32 Å². The van der Waals surface area contributed by atoms with E-state index in [0.29, 0.717) is 17.8 Å². The highest BCUT2D eigenvalue weighted by Gasteiger charge is 2.23. The maximum atomic E-state index is 11.5. The second-order valence-electron chi connectivity index (χ2n) is 3.85. The highest BCUT2D eigenvalue weighted by Crippen LogP contribution is 2.27. The van der Waals surface area contributed by atoms with Gasteiger partial charge in [-0.2, -0.15) is 5.26 Å². The molecule has 0 radical (unpaired) electrons. The van der Waals surface area contributed by atoms with Gasteiger partial charge in [0.15, 0.2) is 0 Å². The molecule has 86 valence electrons. The Morgan fingerprint density at radius 2 is 2.35 bits per heavy atom. The molecule has 1 aromatic rings. The molecule has 2 rings (SSSR count). The van der Waals surface area contributed by atoms with Crippen molar-refractivity contribution in [2.45, 2.75) is 19.9 Å². The summed E-state index contributed by atoms with van der Waals surface area (Å²) in [4.78, 5) is 22.9. The van der Waals surface area contributed by atoms with Crippen molar-refractivity contribution < 1.29 is 9.59 Å². The van der Waals surface area contributed by atoms with Gasteiger partial charge in [-0.15, -0.1) is 0 Å². The Kier molecular flexibility index (Phi) is 2.79. The van der Waals surface area contributed by atoms with Crippen LogP contribution in [0.2, 0.25) is 0 Å². The Morgan fingerprint density at radius 3 is 3.06 bits per heavy atom. The molecule has 0 spiro atoms. The number of nitrogens with one attached hydrogen (secondary N) is 2. The minimum Gasteiger partial charge on any atom is -0.348 e. The fourth-order valence-corrected chi connectivity index (χ4v) is 1.85. The van der Waals surface area contributed by atoms with Crippen molar-refractivity contribution in [2.75, 3.05) is 5.32 Å². The lowest BCUT2D eigenvalue weighted by atomic mass is 10.0. The lowest BCUT2D eigenvalue weighted by Crippen LogP contribution is -2.13. The first-order valence-electron chi connectivity index (χ1n) is 5.21. The topological polar surface area (TPSA) is 82.0 Å². The van der Waals surface area contributed by atoms with E-state index in [2.05, 4.69) is 10.6 Å². The third-order valence-electron chi connectivity index (χ3n) is 2.70. The molecule has 0 aliphatic carbocycles. The average Bonchev–Trinajstić information content (AvgIpc) is 2.65. The van der Waals surface area contributed by atoms with Gasteiger partial charge in [0.1, 0.15) is 6.42 Å². The molecular weight excluding hydrogens is 218 g/mol. The van der Waals surface area contributed by atoms with Gasteiger partial charge in [-0.1, -0.05) is 6.07 Å². The van der Waals surface area contributed by atoms with Crippen LogP contribution < -0.4 is 10.6 Å². The van der Waals surface area contributed by atoms with Crippen LogP contribution in [-0.2, 0) is 11.3 Å². The largest absolute Gasteiger partial charge is 0.348 e. The van der Waals surface area contributed by atoms with Crippen LogP contribution in [0.1, 0.15) is 27.9 Å². The third kappa shape index (κ3) is 1.97. The summed E-state index contributed by atoms with van der Waals surface area (Å²) in [6, 6.07) is 5.32. The summed E-state index contributed by atoms with van der Waals surface area (Å²) in [5.41, 5.74) is 2.90. The van der Waals surface area contributed by atoms with Crippen molar-refractivity contribution in [1.29, 1.82) is 5.26 Å². The molecule has 2 amide bonds. The molecule has 0 bridgehead atoms. The fraction of sp³-hybridized carbons (Fsp3) is 0.250. The van der Waals surface area contributed by atoms with E-state index >= 15 is 0 Å². The van der Waals surface area contributed by atoms with Crippen LogP contribution >= 0.6 is 0 Å². The SMILES string of the molecule is Cc1ccc2c(c1NC(=O)CC#N)CNC2=O. The maximum Gasteiger partial charge on any atom is 0.251 e. The Labute approximate surface area is 98.4 Å². The molecule has 1 aromatic carbocycles. The number of nitriles is 1. The summed E-state index contributed by atoms with van der Waals surface area (Å²) in [6.45, 7) is 2.27. The molecule has 1 heterocycles. The fourth-order valence-electron chi connectivity index (χ4n) is 1.85. The molecule has 2 N–H and O–H groups in total. The first-order valence-corrected chi connectivity index (χ1v) is 5.21. The van der Waals surface area contributed by atoms with Crippen LogP contribution in [0.25, 0.3) is 0 Å². The van der Waals surface area contributed by atoms with Crippen molar-refractivity contribution in [3.05, 3.63) is 28.8 Å². The number of nitrogens with zero attached hydrogens (tertiary/aromatic N) is 1. The number of carbonyl (C=O) groups is 2. The van der Waals surface area contributed by atoms with Crippen LogP contribution in [0.15, 0.2) is 12.1 Å². The van der Waals surface area contributed by atoms with Gasteiger partial charge >= 0.3 is 0 Å². The number of amides is 2. The van der Waals surface area contributed by atoms with Crippen molar-refractivity contribution >= 4 is 17.5 Å².